The van der Waals surface area contributed by atoms with Crippen LogP contribution in [0.15, 0.2) is 24.3 Å². The molecule has 0 atom stereocenters. The fourth-order valence-corrected chi connectivity index (χ4v) is 2.76. The summed E-state index contributed by atoms with van der Waals surface area (Å²) < 4.78 is 0. The van der Waals surface area contributed by atoms with Crippen molar-refractivity contribution < 1.29 is 15.0 Å². The highest BCUT2D eigenvalue weighted by Gasteiger charge is 2.32. The number of hydrogen-bond acceptors (Lipinski definition) is 3. The molecule has 0 spiro atoms. The van der Waals surface area contributed by atoms with Gasteiger partial charge in [-0.25, -0.2) is 4.79 Å². The number of carbonyl (C=O) groups is 1. The molecule has 0 bridgehead atoms. The monoisotopic (exact) mass is 277 g/mol. The number of aliphatic hydroxyl groups is 1. The largest absolute Gasteiger partial charge is 0.478 e. The van der Waals surface area contributed by atoms with Crippen molar-refractivity contribution in [1.29, 1.82) is 0 Å². The molecule has 0 amide bonds. The van der Waals surface area contributed by atoms with Gasteiger partial charge in [-0.15, -0.1) is 0 Å². The van der Waals surface area contributed by atoms with Gasteiger partial charge in [0.2, 0.25) is 0 Å². The number of aromatic carboxylic acids is 1. The van der Waals surface area contributed by atoms with E-state index >= 15 is 0 Å². The van der Waals surface area contributed by atoms with Crippen LogP contribution in [0.2, 0.25) is 0 Å². The van der Waals surface area contributed by atoms with Gasteiger partial charge in [0.15, 0.2) is 0 Å². The molecule has 0 heterocycles. The lowest BCUT2D eigenvalue weighted by atomic mass is 9.77. The smallest absolute Gasteiger partial charge is 0.335 e. The fraction of sp³-hybridized carbons (Fsp3) is 0.562. The lowest BCUT2D eigenvalue weighted by molar-refractivity contribution is 0.0697. The van der Waals surface area contributed by atoms with Crippen LogP contribution in [0.1, 0.15) is 48.5 Å². The molecule has 0 radical (unpaired) electrons. The lowest BCUT2D eigenvalue weighted by Gasteiger charge is -2.39. The van der Waals surface area contributed by atoms with Gasteiger partial charge < -0.3 is 15.5 Å². The molecule has 20 heavy (non-hydrogen) atoms. The zero-order valence-corrected chi connectivity index (χ0v) is 11.9. The number of nitrogens with one attached hydrogen (secondary N) is 1. The molecular weight excluding hydrogens is 254 g/mol. The molecule has 2 rings (SSSR count). The summed E-state index contributed by atoms with van der Waals surface area (Å²) in [7, 11) is 0. The summed E-state index contributed by atoms with van der Waals surface area (Å²) in [6.07, 6.45) is 4.28. The molecular formula is C16H23NO3. The second kappa shape index (κ2) is 6.37. The highest BCUT2D eigenvalue weighted by molar-refractivity contribution is 5.87. The number of carboxylic acid groups (broad SMARTS) is 1. The van der Waals surface area contributed by atoms with Crippen molar-refractivity contribution in [2.75, 3.05) is 6.61 Å². The zero-order valence-electron chi connectivity index (χ0n) is 11.9. The molecule has 1 aromatic carbocycles. The summed E-state index contributed by atoms with van der Waals surface area (Å²) in [5, 5.41) is 22.0. The van der Waals surface area contributed by atoms with Crippen molar-refractivity contribution >= 4 is 5.97 Å². The highest BCUT2D eigenvalue weighted by Crippen LogP contribution is 2.31. The van der Waals surface area contributed by atoms with Crippen LogP contribution in [0, 0.1) is 5.92 Å². The van der Waals surface area contributed by atoms with E-state index in [9.17, 15) is 9.90 Å². The molecule has 3 N–H and O–H groups in total. The topological polar surface area (TPSA) is 69.6 Å². The maximum atomic E-state index is 10.8. The molecule has 1 fully saturated rings. The first-order valence-electron chi connectivity index (χ1n) is 7.23. The number of aliphatic hydroxyl groups excluding tert-OH is 1. The van der Waals surface area contributed by atoms with E-state index in [1.54, 1.807) is 12.1 Å². The normalized spacial score (nSPS) is 26.4. The van der Waals surface area contributed by atoms with Crippen LogP contribution in [0.4, 0.5) is 0 Å². The molecule has 0 unspecified atom stereocenters. The Bertz CT molecular complexity index is 447. The molecule has 110 valence electrons. The molecule has 0 aromatic heterocycles. The Kier molecular flexibility index (Phi) is 4.78. The van der Waals surface area contributed by atoms with Gasteiger partial charge in [-0.3, -0.25) is 0 Å². The second-order valence-electron chi connectivity index (χ2n) is 5.98. The minimum absolute atomic E-state index is 0.160. The molecule has 1 saturated carbocycles. The Morgan fingerprint density at radius 2 is 1.90 bits per heavy atom. The Morgan fingerprint density at radius 1 is 1.30 bits per heavy atom. The predicted molar refractivity (Wildman–Crippen MR) is 77.7 cm³/mol. The quantitative estimate of drug-likeness (QED) is 0.773. The molecule has 0 saturated heterocycles. The van der Waals surface area contributed by atoms with E-state index in [4.69, 9.17) is 5.11 Å². The van der Waals surface area contributed by atoms with Crippen LogP contribution in [0.5, 0.6) is 0 Å². The van der Waals surface area contributed by atoms with E-state index in [1.165, 1.54) is 0 Å². The summed E-state index contributed by atoms with van der Waals surface area (Å²) in [4.78, 5) is 10.8. The Morgan fingerprint density at radius 3 is 2.40 bits per heavy atom. The molecule has 1 aliphatic rings. The molecule has 4 nitrogen and oxygen atoms in total. The summed E-state index contributed by atoms with van der Waals surface area (Å²) >= 11 is 0. The van der Waals surface area contributed by atoms with Crippen LogP contribution in [0.3, 0.4) is 0 Å². The van der Waals surface area contributed by atoms with Gasteiger partial charge in [0.1, 0.15) is 0 Å². The molecule has 4 heteroatoms. The summed E-state index contributed by atoms with van der Waals surface area (Å²) in [6, 6.07) is 6.89. The zero-order chi connectivity index (χ0) is 14.6. The predicted octanol–water partition coefficient (Wildman–Crippen LogP) is 2.42. The average molecular weight is 277 g/mol. The van der Waals surface area contributed by atoms with Crippen molar-refractivity contribution in [2.24, 2.45) is 5.92 Å². The summed E-state index contributed by atoms with van der Waals surface area (Å²) in [5.41, 5.74) is 1.18. The van der Waals surface area contributed by atoms with Crippen LogP contribution in [-0.4, -0.2) is 28.3 Å². The fourth-order valence-electron chi connectivity index (χ4n) is 2.76. The van der Waals surface area contributed by atoms with Crippen molar-refractivity contribution in [3.8, 4) is 0 Å². The van der Waals surface area contributed by atoms with Gasteiger partial charge in [0.25, 0.3) is 0 Å². The lowest BCUT2D eigenvalue weighted by Crippen LogP contribution is -2.50. The first-order chi connectivity index (χ1) is 9.54. The Labute approximate surface area is 119 Å². The summed E-state index contributed by atoms with van der Waals surface area (Å²) in [6.45, 7) is 3.08. The number of benzene rings is 1. The maximum Gasteiger partial charge on any atom is 0.335 e. The second-order valence-corrected chi connectivity index (χ2v) is 5.98. The molecule has 1 aliphatic carbocycles. The van der Waals surface area contributed by atoms with Gasteiger partial charge in [-0.1, -0.05) is 19.1 Å². The van der Waals surface area contributed by atoms with Gasteiger partial charge in [0.05, 0.1) is 12.2 Å². The Balaban J connectivity index is 1.94. The minimum Gasteiger partial charge on any atom is -0.478 e. The van der Waals surface area contributed by atoms with Gasteiger partial charge >= 0.3 is 5.97 Å². The first-order valence-corrected chi connectivity index (χ1v) is 7.23. The maximum absolute atomic E-state index is 10.8. The van der Waals surface area contributed by atoms with Crippen molar-refractivity contribution in [3.63, 3.8) is 0 Å². The van der Waals surface area contributed by atoms with Crippen LogP contribution >= 0.6 is 0 Å². The first kappa shape index (κ1) is 15.0. The molecule has 1 aromatic rings. The van der Waals surface area contributed by atoms with Gasteiger partial charge in [-0.2, -0.15) is 0 Å². The van der Waals surface area contributed by atoms with Crippen molar-refractivity contribution in [2.45, 2.75) is 44.7 Å². The average Bonchev–Trinajstić information content (AvgIpc) is 2.48. The van der Waals surface area contributed by atoms with Crippen LogP contribution < -0.4 is 5.32 Å². The number of rotatable bonds is 5. The van der Waals surface area contributed by atoms with E-state index < -0.39 is 5.97 Å². The highest BCUT2D eigenvalue weighted by atomic mass is 16.4. The third kappa shape index (κ3) is 3.58. The molecule has 0 aliphatic heterocycles. The van der Waals surface area contributed by atoms with Crippen LogP contribution in [0.25, 0.3) is 0 Å². The van der Waals surface area contributed by atoms with E-state index in [0.29, 0.717) is 12.1 Å². The van der Waals surface area contributed by atoms with Crippen molar-refractivity contribution in [1.82, 2.24) is 5.32 Å². The summed E-state index contributed by atoms with van der Waals surface area (Å²) in [5.74, 6) is -0.163. The minimum atomic E-state index is -0.905. The number of hydrogen-bond donors (Lipinski definition) is 3. The van der Waals surface area contributed by atoms with Gasteiger partial charge in [-0.05, 0) is 49.3 Å². The SMILES string of the molecule is CC1CCC(CO)(NCc2ccc(C(=O)O)cc2)CC1. The van der Waals surface area contributed by atoms with E-state index in [0.717, 1.165) is 37.2 Å². The number of carboxylic acids is 1. The van der Waals surface area contributed by atoms with Crippen LogP contribution in [-0.2, 0) is 6.54 Å². The standard InChI is InChI=1S/C16H23NO3/c1-12-6-8-16(11-18,9-7-12)17-10-13-2-4-14(5-3-13)15(19)20/h2-5,12,17-18H,6-11H2,1H3,(H,19,20). The third-order valence-corrected chi connectivity index (χ3v) is 4.40. The van der Waals surface area contributed by atoms with E-state index in [-0.39, 0.29) is 12.1 Å². The van der Waals surface area contributed by atoms with E-state index in [1.807, 2.05) is 12.1 Å². The van der Waals surface area contributed by atoms with E-state index in [2.05, 4.69) is 12.2 Å². The Hall–Kier alpha value is -1.39. The van der Waals surface area contributed by atoms with Gasteiger partial charge in [0, 0.05) is 12.1 Å². The third-order valence-electron chi connectivity index (χ3n) is 4.40. The van der Waals surface area contributed by atoms with Crippen molar-refractivity contribution in [3.05, 3.63) is 35.4 Å².